The predicted molar refractivity (Wildman–Crippen MR) is 97.7 cm³/mol. The SMILES string of the molecule is CC(=O)NC1CCOc2ccc(-c3csc(NC(=O)C(C)C)n3)cc21. The van der Waals surface area contributed by atoms with E-state index in [4.69, 9.17) is 4.74 Å². The minimum Gasteiger partial charge on any atom is -0.493 e. The molecule has 0 fully saturated rings. The number of thiazole rings is 1. The van der Waals surface area contributed by atoms with Crippen molar-refractivity contribution in [1.29, 1.82) is 0 Å². The van der Waals surface area contributed by atoms with Crippen LogP contribution in [0, 0.1) is 5.92 Å². The van der Waals surface area contributed by atoms with Gasteiger partial charge >= 0.3 is 0 Å². The van der Waals surface area contributed by atoms with E-state index in [0.717, 1.165) is 29.0 Å². The monoisotopic (exact) mass is 359 g/mol. The first-order chi connectivity index (χ1) is 11.9. The fourth-order valence-electron chi connectivity index (χ4n) is 2.66. The Labute approximate surface area is 150 Å². The predicted octanol–water partition coefficient (Wildman–Crippen LogP) is 3.36. The maximum Gasteiger partial charge on any atom is 0.228 e. The number of hydrogen-bond donors (Lipinski definition) is 2. The largest absolute Gasteiger partial charge is 0.493 e. The summed E-state index contributed by atoms with van der Waals surface area (Å²) in [5.74, 6) is 0.588. The summed E-state index contributed by atoms with van der Waals surface area (Å²) in [5.41, 5.74) is 2.68. The number of ether oxygens (including phenoxy) is 1. The van der Waals surface area contributed by atoms with Gasteiger partial charge in [0.05, 0.1) is 18.3 Å². The van der Waals surface area contributed by atoms with Crippen LogP contribution in [0.2, 0.25) is 0 Å². The first-order valence-corrected chi connectivity index (χ1v) is 9.12. The summed E-state index contributed by atoms with van der Waals surface area (Å²) in [6.45, 7) is 5.79. The van der Waals surface area contributed by atoms with Crippen molar-refractivity contribution in [2.45, 2.75) is 33.2 Å². The molecule has 7 heteroatoms. The Morgan fingerprint density at radius 1 is 1.36 bits per heavy atom. The van der Waals surface area contributed by atoms with E-state index in [1.165, 1.54) is 18.3 Å². The zero-order valence-electron chi connectivity index (χ0n) is 14.5. The van der Waals surface area contributed by atoms with Gasteiger partial charge in [-0.15, -0.1) is 11.3 Å². The van der Waals surface area contributed by atoms with Crippen molar-refractivity contribution in [3.05, 3.63) is 29.1 Å². The normalized spacial score (nSPS) is 16.1. The molecule has 1 aromatic heterocycles. The number of benzene rings is 1. The van der Waals surface area contributed by atoms with Crippen molar-refractivity contribution >= 4 is 28.3 Å². The Bertz CT molecular complexity index is 801. The Kier molecular flexibility index (Phi) is 5.03. The van der Waals surface area contributed by atoms with Gasteiger partial charge in [-0.2, -0.15) is 0 Å². The third kappa shape index (κ3) is 3.99. The summed E-state index contributed by atoms with van der Waals surface area (Å²) in [6, 6.07) is 5.79. The second-order valence-corrected chi connectivity index (χ2v) is 7.18. The van der Waals surface area contributed by atoms with E-state index in [2.05, 4.69) is 15.6 Å². The van der Waals surface area contributed by atoms with E-state index in [9.17, 15) is 9.59 Å². The number of fused-ring (bicyclic) bond motifs is 1. The Morgan fingerprint density at radius 2 is 2.16 bits per heavy atom. The third-order valence-electron chi connectivity index (χ3n) is 3.98. The van der Waals surface area contributed by atoms with Crippen LogP contribution in [-0.4, -0.2) is 23.4 Å². The third-order valence-corrected chi connectivity index (χ3v) is 4.74. The van der Waals surface area contributed by atoms with Crippen molar-refractivity contribution < 1.29 is 14.3 Å². The van der Waals surface area contributed by atoms with Crippen molar-refractivity contribution in [3.63, 3.8) is 0 Å². The molecule has 2 amide bonds. The zero-order valence-corrected chi connectivity index (χ0v) is 15.3. The van der Waals surface area contributed by atoms with Gasteiger partial charge in [0.15, 0.2) is 5.13 Å². The quantitative estimate of drug-likeness (QED) is 0.877. The number of anilines is 1. The molecule has 1 aliphatic heterocycles. The van der Waals surface area contributed by atoms with Gasteiger partial charge in [-0.1, -0.05) is 13.8 Å². The molecule has 1 aromatic carbocycles. The molecule has 0 saturated carbocycles. The standard InChI is InChI=1S/C18H21N3O3S/c1-10(2)17(23)21-18-20-15(9-25-18)12-4-5-16-13(8-12)14(6-7-24-16)19-11(3)22/h4-5,8-10,14H,6-7H2,1-3H3,(H,19,22)(H,20,21,23). The fraction of sp³-hybridized carbons (Fsp3) is 0.389. The molecule has 3 rings (SSSR count). The molecule has 0 radical (unpaired) electrons. The summed E-state index contributed by atoms with van der Waals surface area (Å²) >= 11 is 1.39. The number of carbonyl (C=O) groups excluding carboxylic acids is 2. The summed E-state index contributed by atoms with van der Waals surface area (Å²) in [6.07, 6.45) is 0.739. The van der Waals surface area contributed by atoms with Crippen LogP contribution in [-0.2, 0) is 9.59 Å². The molecule has 0 aliphatic carbocycles. The van der Waals surface area contributed by atoms with Crippen LogP contribution >= 0.6 is 11.3 Å². The lowest BCUT2D eigenvalue weighted by molar-refractivity contribution is -0.120. The molecule has 25 heavy (non-hydrogen) atoms. The van der Waals surface area contributed by atoms with Gasteiger partial charge in [0.25, 0.3) is 0 Å². The second kappa shape index (κ2) is 7.23. The smallest absolute Gasteiger partial charge is 0.228 e. The first kappa shape index (κ1) is 17.4. The Balaban J connectivity index is 1.85. The molecule has 6 nitrogen and oxygen atoms in total. The van der Waals surface area contributed by atoms with Crippen LogP contribution in [0.25, 0.3) is 11.3 Å². The summed E-state index contributed by atoms with van der Waals surface area (Å²) in [5, 5.41) is 8.28. The van der Waals surface area contributed by atoms with Crippen LogP contribution < -0.4 is 15.4 Å². The van der Waals surface area contributed by atoms with Crippen molar-refractivity contribution in [3.8, 4) is 17.0 Å². The van der Waals surface area contributed by atoms with E-state index in [1.54, 1.807) is 0 Å². The lowest BCUT2D eigenvalue weighted by Crippen LogP contribution is -2.30. The van der Waals surface area contributed by atoms with Crippen molar-refractivity contribution in [2.24, 2.45) is 5.92 Å². The number of nitrogens with zero attached hydrogens (tertiary/aromatic N) is 1. The van der Waals surface area contributed by atoms with Gasteiger partial charge in [0.1, 0.15) is 5.75 Å². The summed E-state index contributed by atoms with van der Waals surface area (Å²) < 4.78 is 5.68. The highest BCUT2D eigenvalue weighted by molar-refractivity contribution is 7.14. The molecule has 2 heterocycles. The molecule has 132 valence electrons. The van der Waals surface area contributed by atoms with Gasteiger partial charge in [-0.3, -0.25) is 9.59 Å². The molecular weight excluding hydrogens is 338 g/mol. The molecule has 0 bridgehead atoms. The zero-order chi connectivity index (χ0) is 18.0. The molecule has 1 atom stereocenters. The Morgan fingerprint density at radius 3 is 2.88 bits per heavy atom. The highest BCUT2D eigenvalue weighted by atomic mass is 32.1. The van der Waals surface area contributed by atoms with E-state index in [0.29, 0.717) is 11.7 Å². The fourth-order valence-corrected chi connectivity index (χ4v) is 3.39. The van der Waals surface area contributed by atoms with Crippen LogP contribution in [0.1, 0.15) is 38.8 Å². The van der Waals surface area contributed by atoms with Crippen LogP contribution in [0.4, 0.5) is 5.13 Å². The van der Waals surface area contributed by atoms with Crippen molar-refractivity contribution in [1.82, 2.24) is 10.3 Å². The van der Waals surface area contributed by atoms with E-state index < -0.39 is 0 Å². The highest BCUT2D eigenvalue weighted by Gasteiger charge is 2.23. The lowest BCUT2D eigenvalue weighted by Gasteiger charge is -2.26. The van der Waals surface area contributed by atoms with E-state index >= 15 is 0 Å². The Hall–Kier alpha value is -2.41. The topological polar surface area (TPSA) is 80.3 Å². The van der Waals surface area contributed by atoms with E-state index in [-0.39, 0.29) is 23.8 Å². The molecule has 2 aromatic rings. The summed E-state index contributed by atoms with van der Waals surface area (Å²) in [7, 11) is 0. The molecule has 1 aliphatic rings. The van der Waals surface area contributed by atoms with Gasteiger partial charge in [0.2, 0.25) is 11.8 Å². The maximum atomic E-state index is 11.8. The number of amides is 2. The average molecular weight is 359 g/mol. The lowest BCUT2D eigenvalue weighted by atomic mass is 9.97. The number of carbonyl (C=O) groups is 2. The number of hydrogen-bond acceptors (Lipinski definition) is 5. The molecule has 1 unspecified atom stereocenters. The number of nitrogens with one attached hydrogen (secondary N) is 2. The number of aromatic nitrogens is 1. The van der Waals surface area contributed by atoms with Gasteiger partial charge < -0.3 is 15.4 Å². The molecule has 0 spiro atoms. The van der Waals surface area contributed by atoms with E-state index in [1.807, 2.05) is 37.4 Å². The molecule has 0 saturated heterocycles. The highest BCUT2D eigenvalue weighted by Crippen LogP contribution is 2.36. The average Bonchev–Trinajstić information content (AvgIpc) is 3.02. The van der Waals surface area contributed by atoms with Gasteiger partial charge in [-0.05, 0) is 18.2 Å². The first-order valence-electron chi connectivity index (χ1n) is 8.24. The van der Waals surface area contributed by atoms with Gasteiger partial charge in [-0.25, -0.2) is 4.98 Å². The number of rotatable bonds is 4. The molecule has 2 N–H and O–H groups in total. The minimum absolute atomic E-state index is 0.0505. The van der Waals surface area contributed by atoms with Gasteiger partial charge in [0, 0.05) is 35.8 Å². The summed E-state index contributed by atoms with van der Waals surface area (Å²) in [4.78, 5) is 27.7. The maximum absolute atomic E-state index is 11.8. The van der Waals surface area contributed by atoms with Crippen molar-refractivity contribution in [2.75, 3.05) is 11.9 Å². The minimum atomic E-state index is -0.0911. The molecular formula is C18H21N3O3S. The van der Waals surface area contributed by atoms with Crippen LogP contribution in [0.15, 0.2) is 23.6 Å². The van der Waals surface area contributed by atoms with Crippen LogP contribution in [0.3, 0.4) is 0 Å². The second-order valence-electron chi connectivity index (χ2n) is 6.32. The van der Waals surface area contributed by atoms with Crippen LogP contribution in [0.5, 0.6) is 5.75 Å².